The van der Waals surface area contributed by atoms with E-state index in [0.29, 0.717) is 45.5 Å². The fourth-order valence-corrected chi connectivity index (χ4v) is 5.71. The number of hydrogen-bond acceptors (Lipinski definition) is 8. The van der Waals surface area contributed by atoms with E-state index in [1.807, 2.05) is 0 Å². The first-order valence-corrected chi connectivity index (χ1v) is 16.1. The largest absolute Gasteiger partial charge is 0.493 e. The summed E-state index contributed by atoms with van der Waals surface area (Å²) < 4.78 is 34.2. The first-order valence-electron chi connectivity index (χ1n) is 15.7. The monoisotopic (exact) mass is 671 g/mol. The van der Waals surface area contributed by atoms with E-state index in [0.717, 1.165) is 38.0 Å². The van der Waals surface area contributed by atoms with Gasteiger partial charge in [-0.1, -0.05) is 18.5 Å². The molecule has 1 aliphatic rings. The van der Waals surface area contributed by atoms with E-state index in [-0.39, 0.29) is 17.1 Å². The van der Waals surface area contributed by atoms with Crippen molar-refractivity contribution in [3.05, 3.63) is 106 Å². The van der Waals surface area contributed by atoms with Gasteiger partial charge in [0.15, 0.2) is 28.8 Å². The molecule has 2 aromatic heterocycles. The number of hydrogen-bond donors (Lipinski definition) is 1. The van der Waals surface area contributed by atoms with Crippen LogP contribution in [0.4, 0.5) is 10.1 Å². The maximum atomic E-state index is 15.3. The summed E-state index contributed by atoms with van der Waals surface area (Å²) in [5, 5.41) is 3.65. The van der Waals surface area contributed by atoms with Gasteiger partial charge in [-0.2, -0.15) is 0 Å². The lowest BCUT2D eigenvalue weighted by atomic mass is 9.99. The first-order chi connectivity index (χ1) is 23.3. The number of carbonyl (C=O) groups is 1. The highest BCUT2D eigenvalue weighted by Gasteiger charge is 2.18. The smallest absolute Gasteiger partial charge is 0.286 e. The van der Waals surface area contributed by atoms with Crippen LogP contribution in [0, 0.1) is 11.7 Å². The predicted molar refractivity (Wildman–Crippen MR) is 183 cm³/mol. The topological polar surface area (TPSA) is 108 Å². The van der Waals surface area contributed by atoms with E-state index in [1.54, 1.807) is 55.8 Å². The fraction of sp³-hybridized carbons (Fsp3) is 0.278. The number of carbonyl (C=O) groups excluding carboxylic acids is 1. The van der Waals surface area contributed by atoms with Crippen molar-refractivity contribution in [1.29, 1.82) is 0 Å². The van der Waals surface area contributed by atoms with Crippen molar-refractivity contribution in [2.75, 3.05) is 38.7 Å². The van der Waals surface area contributed by atoms with Crippen molar-refractivity contribution in [3.8, 4) is 28.7 Å². The van der Waals surface area contributed by atoms with Crippen LogP contribution in [0.5, 0.6) is 23.0 Å². The van der Waals surface area contributed by atoms with E-state index >= 15 is 4.39 Å². The van der Waals surface area contributed by atoms with Gasteiger partial charge >= 0.3 is 0 Å². The number of nitrogens with zero attached hydrogens (tertiary/aromatic N) is 4. The molecule has 0 unspecified atom stereocenters. The summed E-state index contributed by atoms with van der Waals surface area (Å²) in [4.78, 5) is 36.9. The number of amides is 1. The molecule has 1 N–H and O–H groups in total. The third-order valence-corrected chi connectivity index (χ3v) is 8.56. The summed E-state index contributed by atoms with van der Waals surface area (Å²) >= 11 is 5.95. The number of rotatable bonds is 11. The summed E-state index contributed by atoms with van der Waals surface area (Å²) in [6.45, 7) is 6.09. The van der Waals surface area contributed by atoms with Gasteiger partial charge < -0.3 is 24.4 Å². The Hall–Kier alpha value is -5.00. The molecule has 10 nitrogen and oxygen atoms in total. The third kappa shape index (κ3) is 7.58. The summed E-state index contributed by atoms with van der Waals surface area (Å²) in [5.74, 6) is 0.643. The normalized spacial score (nSPS) is 13.8. The van der Waals surface area contributed by atoms with Crippen molar-refractivity contribution in [2.24, 2.45) is 5.92 Å². The number of pyridine rings is 1. The van der Waals surface area contributed by atoms with Crippen molar-refractivity contribution in [3.63, 3.8) is 0 Å². The van der Waals surface area contributed by atoms with Crippen LogP contribution in [0.25, 0.3) is 16.6 Å². The molecule has 0 saturated carbocycles. The molecule has 3 heterocycles. The second-order valence-electron chi connectivity index (χ2n) is 11.7. The number of anilines is 1. The Morgan fingerprint density at radius 2 is 1.77 bits per heavy atom. The molecular formula is C36H35ClFN5O5. The first kappa shape index (κ1) is 32.9. The Balaban J connectivity index is 1.13. The molecule has 1 amide bonds. The van der Waals surface area contributed by atoms with Crippen LogP contribution >= 0.6 is 11.6 Å². The van der Waals surface area contributed by atoms with E-state index in [4.69, 9.17) is 25.8 Å². The van der Waals surface area contributed by atoms with E-state index in [9.17, 15) is 9.59 Å². The molecule has 1 saturated heterocycles. The van der Waals surface area contributed by atoms with E-state index < -0.39 is 17.3 Å². The van der Waals surface area contributed by atoms with Crippen LogP contribution in [0.2, 0.25) is 5.02 Å². The Morgan fingerprint density at radius 1 is 0.979 bits per heavy atom. The summed E-state index contributed by atoms with van der Waals surface area (Å²) in [5.41, 5.74) is 0.225. The standard InChI is InChI=1S/C36H35ClFN5O5/c1-23-11-16-42(17-12-23)15-3-19-47-33-22-29-27(21-32(33)46-2)30(10-13-39-29)48-31-9-6-25(20-28(31)38)41-35(44)34-36(45)43(18-14-40-34)26-7-4-24(37)5-8-26/h4-10,13-14,18,20-23H,3,11-12,15-17,19H2,1-2H3,(H,41,44). The predicted octanol–water partition coefficient (Wildman–Crippen LogP) is 7.13. The number of fused-ring (bicyclic) bond motifs is 1. The Morgan fingerprint density at radius 3 is 2.52 bits per heavy atom. The van der Waals surface area contributed by atoms with Crippen LogP contribution in [0.3, 0.4) is 0 Å². The maximum absolute atomic E-state index is 15.3. The van der Waals surface area contributed by atoms with Gasteiger partial charge in [0.1, 0.15) is 5.75 Å². The van der Waals surface area contributed by atoms with Crippen LogP contribution in [0.1, 0.15) is 36.7 Å². The Kier molecular flexibility index (Phi) is 10.2. The minimum absolute atomic E-state index is 0.0742. The zero-order valence-electron chi connectivity index (χ0n) is 26.6. The second-order valence-corrected chi connectivity index (χ2v) is 12.1. The molecule has 1 aliphatic heterocycles. The van der Waals surface area contributed by atoms with Crippen molar-refractivity contribution in [1.82, 2.24) is 19.4 Å². The Bertz CT molecular complexity index is 1980. The number of aromatic nitrogens is 3. The highest BCUT2D eigenvalue weighted by molar-refractivity contribution is 6.30. The lowest BCUT2D eigenvalue weighted by molar-refractivity contribution is 0.102. The molecule has 3 aromatic carbocycles. The van der Waals surface area contributed by atoms with Gasteiger partial charge in [0.2, 0.25) is 0 Å². The van der Waals surface area contributed by atoms with Crippen LogP contribution in [-0.2, 0) is 0 Å². The summed E-state index contributed by atoms with van der Waals surface area (Å²) in [7, 11) is 1.56. The number of halogens is 2. The number of ether oxygens (including phenoxy) is 3. The van der Waals surface area contributed by atoms with Gasteiger partial charge in [-0.15, -0.1) is 0 Å². The van der Waals surface area contributed by atoms with Crippen LogP contribution < -0.4 is 25.1 Å². The molecule has 0 bridgehead atoms. The van der Waals surface area contributed by atoms with E-state index in [1.165, 1.54) is 41.9 Å². The maximum Gasteiger partial charge on any atom is 0.286 e. The summed E-state index contributed by atoms with van der Waals surface area (Å²) in [6, 6.07) is 15.7. The third-order valence-electron chi connectivity index (χ3n) is 8.31. The molecule has 0 spiro atoms. The van der Waals surface area contributed by atoms with Gasteiger partial charge in [0, 0.05) is 59.1 Å². The van der Waals surface area contributed by atoms with Crippen molar-refractivity contribution < 1.29 is 23.4 Å². The van der Waals surface area contributed by atoms with Crippen LogP contribution in [0.15, 0.2) is 84.0 Å². The molecule has 1 fully saturated rings. The molecular weight excluding hydrogens is 637 g/mol. The van der Waals surface area contributed by atoms with Crippen molar-refractivity contribution >= 4 is 34.1 Å². The number of methoxy groups -OCH3 is 1. The molecule has 5 aromatic rings. The van der Waals surface area contributed by atoms with Gasteiger partial charge in [0.05, 0.1) is 19.2 Å². The lowest BCUT2D eigenvalue weighted by Gasteiger charge is -2.30. The zero-order chi connectivity index (χ0) is 33.6. The zero-order valence-corrected chi connectivity index (χ0v) is 27.4. The minimum atomic E-state index is -0.789. The molecule has 0 atom stereocenters. The molecule has 0 radical (unpaired) electrons. The van der Waals surface area contributed by atoms with E-state index in [2.05, 4.69) is 27.1 Å². The average Bonchev–Trinajstić information content (AvgIpc) is 3.09. The van der Waals surface area contributed by atoms with Crippen molar-refractivity contribution in [2.45, 2.75) is 26.2 Å². The lowest BCUT2D eigenvalue weighted by Crippen LogP contribution is -2.34. The number of likely N-dealkylation sites (tertiary alicyclic amines) is 1. The van der Waals surface area contributed by atoms with Gasteiger partial charge in [-0.05, 0) is 86.8 Å². The SMILES string of the molecule is COc1cc2c(Oc3ccc(NC(=O)c4nccn(-c5ccc(Cl)cc5)c4=O)cc3F)ccnc2cc1OCCCN1CCC(C)CC1. The minimum Gasteiger partial charge on any atom is -0.493 e. The average molecular weight is 672 g/mol. The number of piperidine rings is 1. The molecule has 248 valence electrons. The Labute approximate surface area is 282 Å². The number of nitrogens with one attached hydrogen (secondary N) is 1. The van der Waals surface area contributed by atoms with Gasteiger partial charge in [0.25, 0.3) is 11.5 Å². The molecule has 48 heavy (non-hydrogen) atoms. The van der Waals surface area contributed by atoms with Gasteiger partial charge in [-0.3, -0.25) is 19.1 Å². The molecule has 0 aliphatic carbocycles. The molecule has 6 rings (SSSR count). The number of benzene rings is 3. The quantitative estimate of drug-likeness (QED) is 0.148. The fourth-order valence-electron chi connectivity index (χ4n) is 5.59. The van der Waals surface area contributed by atoms with Gasteiger partial charge in [-0.25, -0.2) is 9.37 Å². The highest BCUT2D eigenvalue weighted by Crippen LogP contribution is 2.38. The van der Waals surface area contributed by atoms with Crippen LogP contribution in [-0.4, -0.2) is 58.7 Å². The summed E-state index contributed by atoms with van der Waals surface area (Å²) in [6.07, 6.45) is 7.72. The highest BCUT2D eigenvalue weighted by atomic mass is 35.5. The molecule has 12 heteroatoms. The second kappa shape index (κ2) is 14.8.